The summed E-state index contributed by atoms with van der Waals surface area (Å²) in [6, 6.07) is 7.17. The van der Waals surface area contributed by atoms with Crippen LogP contribution in [0.1, 0.15) is 11.6 Å². The molecule has 1 atom stereocenters. The molecule has 1 aromatic rings. The molecule has 0 amide bonds. The zero-order chi connectivity index (χ0) is 11.5. The van der Waals surface area contributed by atoms with E-state index in [1.54, 1.807) is 7.11 Å². The Morgan fingerprint density at radius 3 is 2.88 bits per heavy atom. The van der Waals surface area contributed by atoms with Crippen molar-refractivity contribution in [1.82, 2.24) is 4.90 Å². The molecule has 0 aliphatic carbocycles. The fourth-order valence-corrected chi connectivity index (χ4v) is 1.93. The van der Waals surface area contributed by atoms with E-state index in [0.29, 0.717) is 6.61 Å². The minimum Gasteiger partial charge on any atom is -0.496 e. The van der Waals surface area contributed by atoms with Gasteiger partial charge in [-0.05, 0) is 13.1 Å². The third-order valence-electron chi connectivity index (χ3n) is 2.79. The van der Waals surface area contributed by atoms with Crippen molar-refractivity contribution in [2.75, 3.05) is 27.3 Å². The Hall–Kier alpha value is -1.55. The number of nitrogens with zero attached hydrogens (tertiary/aromatic N) is 1. The van der Waals surface area contributed by atoms with Gasteiger partial charge in [-0.2, -0.15) is 0 Å². The number of methoxy groups -OCH3 is 1. The molecule has 1 unspecified atom stereocenters. The summed E-state index contributed by atoms with van der Waals surface area (Å²) >= 11 is 0. The lowest BCUT2D eigenvalue weighted by atomic mass is 10.0. The fraction of sp³-hybridized carbons (Fsp3) is 0.417. The van der Waals surface area contributed by atoms with Crippen LogP contribution < -0.4 is 4.74 Å². The molecule has 0 aromatic heterocycles. The first kappa shape index (κ1) is 11.0. The summed E-state index contributed by atoms with van der Waals surface area (Å²) in [5.74, 6) is 0.511. The van der Waals surface area contributed by atoms with Crippen molar-refractivity contribution in [3.05, 3.63) is 29.8 Å². The van der Waals surface area contributed by atoms with Crippen LogP contribution in [0.4, 0.5) is 0 Å². The van der Waals surface area contributed by atoms with Crippen molar-refractivity contribution in [2.45, 2.75) is 6.04 Å². The lowest BCUT2D eigenvalue weighted by molar-refractivity contribution is -0.156. The van der Waals surface area contributed by atoms with Gasteiger partial charge in [0.1, 0.15) is 18.4 Å². The first-order valence-electron chi connectivity index (χ1n) is 5.24. The van der Waals surface area contributed by atoms with Gasteiger partial charge >= 0.3 is 5.97 Å². The van der Waals surface area contributed by atoms with E-state index in [1.165, 1.54) is 0 Å². The molecule has 1 aliphatic heterocycles. The van der Waals surface area contributed by atoms with Gasteiger partial charge in [0.15, 0.2) is 0 Å². The van der Waals surface area contributed by atoms with Crippen molar-refractivity contribution in [1.29, 1.82) is 0 Å². The third kappa shape index (κ3) is 1.88. The number of likely N-dealkylation sites (N-methyl/N-ethyl adjacent to an activating group) is 1. The first-order valence-corrected chi connectivity index (χ1v) is 5.24. The van der Waals surface area contributed by atoms with Crippen LogP contribution in [0.25, 0.3) is 0 Å². The summed E-state index contributed by atoms with van der Waals surface area (Å²) in [7, 11) is 3.52. The molecular weight excluding hydrogens is 206 g/mol. The molecule has 0 N–H and O–H groups in total. The molecule has 1 saturated heterocycles. The van der Waals surface area contributed by atoms with Gasteiger partial charge < -0.3 is 9.47 Å². The summed E-state index contributed by atoms with van der Waals surface area (Å²) in [6.45, 7) is 1.20. The van der Waals surface area contributed by atoms with Crippen molar-refractivity contribution >= 4 is 5.97 Å². The van der Waals surface area contributed by atoms with E-state index in [9.17, 15) is 4.79 Å². The molecule has 0 radical (unpaired) electrons. The van der Waals surface area contributed by atoms with Crippen molar-refractivity contribution in [3.8, 4) is 5.75 Å². The number of hydrogen-bond donors (Lipinski definition) is 0. The number of carbonyl (C=O) groups excluding carboxylic acids is 1. The Bertz CT molecular complexity index is 392. The number of cyclic esters (lactones) is 1. The highest BCUT2D eigenvalue weighted by molar-refractivity contribution is 5.79. The molecule has 1 fully saturated rings. The zero-order valence-electron chi connectivity index (χ0n) is 9.47. The van der Waals surface area contributed by atoms with Crippen molar-refractivity contribution < 1.29 is 14.3 Å². The quantitative estimate of drug-likeness (QED) is 0.704. The number of rotatable bonds is 2. The average Bonchev–Trinajstić information content (AvgIpc) is 2.29. The molecule has 0 bridgehead atoms. The lowest BCUT2D eigenvalue weighted by Crippen LogP contribution is -2.40. The van der Waals surface area contributed by atoms with E-state index < -0.39 is 0 Å². The Morgan fingerprint density at radius 2 is 2.19 bits per heavy atom. The highest BCUT2D eigenvalue weighted by Gasteiger charge is 2.32. The molecule has 4 heteroatoms. The molecular formula is C12H15NO3. The monoisotopic (exact) mass is 221 g/mol. The smallest absolute Gasteiger partial charge is 0.328 e. The van der Waals surface area contributed by atoms with Gasteiger partial charge in [0, 0.05) is 12.1 Å². The molecule has 1 aliphatic rings. The van der Waals surface area contributed by atoms with Gasteiger partial charge in [-0.3, -0.25) is 4.90 Å². The second-order valence-corrected chi connectivity index (χ2v) is 3.79. The maximum Gasteiger partial charge on any atom is 0.328 e. The topological polar surface area (TPSA) is 38.8 Å². The van der Waals surface area contributed by atoms with Crippen LogP contribution in [0.2, 0.25) is 0 Å². The Kier molecular flexibility index (Phi) is 3.10. The number of esters is 1. The van der Waals surface area contributed by atoms with Gasteiger partial charge in [0.25, 0.3) is 0 Å². The SMILES string of the molecule is COc1ccccc1C1C(=O)OCCN1C. The van der Waals surface area contributed by atoms with Gasteiger partial charge in [0.05, 0.1) is 7.11 Å². The fourth-order valence-electron chi connectivity index (χ4n) is 1.93. The normalized spacial score (nSPS) is 21.6. The van der Waals surface area contributed by atoms with E-state index in [0.717, 1.165) is 17.9 Å². The summed E-state index contributed by atoms with van der Waals surface area (Å²) in [6.07, 6.45) is 0. The summed E-state index contributed by atoms with van der Waals surface area (Å²) in [5, 5.41) is 0. The van der Waals surface area contributed by atoms with Crippen molar-refractivity contribution in [2.24, 2.45) is 0 Å². The van der Waals surface area contributed by atoms with Crippen LogP contribution in [0.15, 0.2) is 24.3 Å². The van der Waals surface area contributed by atoms with E-state index in [-0.39, 0.29) is 12.0 Å². The molecule has 4 nitrogen and oxygen atoms in total. The minimum absolute atomic E-state index is 0.210. The molecule has 2 rings (SSSR count). The molecule has 16 heavy (non-hydrogen) atoms. The lowest BCUT2D eigenvalue weighted by Gasteiger charge is -2.31. The van der Waals surface area contributed by atoms with E-state index >= 15 is 0 Å². The van der Waals surface area contributed by atoms with Crippen LogP contribution in [0.3, 0.4) is 0 Å². The maximum absolute atomic E-state index is 11.8. The number of para-hydroxylation sites is 1. The van der Waals surface area contributed by atoms with Gasteiger partial charge in [-0.1, -0.05) is 18.2 Å². The van der Waals surface area contributed by atoms with E-state index in [1.807, 2.05) is 36.2 Å². The minimum atomic E-state index is -0.357. The first-order chi connectivity index (χ1) is 7.74. The van der Waals surface area contributed by atoms with Crippen LogP contribution in [-0.2, 0) is 9.53 Å². The number of hydrogen-bond acceptors (Lipinski definition) is 4. The maximum atomic E-state index is 11.8. The largest absolute Gasteiger partial charge is 0.496 e. The number of benzene rings is 1. The molecule has 86 valence electrons. The number of ether oxygens (including phenoxy) is 2. The van der Waals surface area contributed by atoms with Crippen LogP contribution >= 0.6 is 0 Å². The second kappa shape index (κ2) is 4.53. The average molecular weight is 221 g/mol. The van der Waals surface area contributed by atoms with Crippen molar-refractivity contribution in [3.63, 3.8) is 0 Å². The van der Waals surface area contributed by atoms with Crippen LogP contribution in [0.5, 0.6) is 5.75 Å². The summed E-state index contributed by atoms with van der Waals surface area (Å²) in [5.41, 5.74) is 0.859. The number of morpholine rings is 1. The Morgan fingerprint density at radius 1 is 1.44 bits per heavy atom. The molecule has 1 heterocycles. The standard InChI is InChI=1S/C12H15NO3/c1-13-7-8-16-12(14)11(13)9-5-3-4-6-10(9)15-2/h3-6,11H,7-8H2,1-2H3. The second-order valence-electron chi connectivity index (χ2n) is 3.79. The third-order valence-corrected chi connectivity index (χ3v) is 2.79. The molecule has 0 spiro atoms. The van der Waals surface area contributed by atoms with Gasteiger partial charge in [-0.25, -0.2) is 4.79 Å². The van der Waals surface area contributed by atoms with Crippen LogP contribution in [0, 0.1) is 0 Å². The molecule has 1 aromatic carbocycles. The highest BCUT2D eigenvalue weighted by Crippen LogP contribution is 2.30. The van der Waals surface area contributed by atoms with Gasteiger partial charge in [-0.15, -0.1) is 0 Å². The highest BCUT2D eigenvalue weighted by atomic mass is 16.5. The summed E-state index contributed by atoms with van der Waals surface area (Å²) in [4.78, 5) is 13.7. The Labute approximate surface area is 94.8 Å². The van der Waals surface area contributed by atoms with Crippen LogP contribution in [-0.4, -0.2) is 38.2 Å². The predicted molar refractivity (Wildman–Crippen MR) is 59.3 cm³/mol. The molecule has 0 saturated carbocycles. The Balaban J connectivity index is 2.37. The van der Waals surface area contributed by atoms with Gasteiger partial charge in [0.2, 0.25) is 0 Å². The predicted octanol–water partition coefficient (Wildman–Crippen LogP) is 1.22. The van der Waals surface area contributed by atoms with E-state index in [2.05, 4.69) is 0 Å². The van der Waals surface area contributed by atoms with E-state index in [4.69, 9.17) is 9.47 Å². The summed E-state index contributed by atoms with van der Waals surface area (Å²) < 4.78 is 10.3. The number of carbonyl (C=O) groups is 1. The zero-order valence-corrected chi connectivity index (χ0v) is 9.47.